The van der Waals surface area contributed by atoms with Crippen LogP contribution in [0.5, 0.6) is 0 Å². The first-order chi connectivity index (χ1) is 7.34. The molecule has 0 atom stereocenters. The summed E-state index contributed by atoms with van der Waals surface area (Å²) in [6.07, 6.45) is 1.81. The number of hydrogen-bond acceptors (Lipinski definition) is 2. The minimum absolute atomic E-state index is 0.991. The molecule has 3 rings (SSSR count). The van der Waals surface area contributed by atoms with Gasteiger partial charge < -0.3 is 0 Å². The van der Waals surface area contributed by atoms with Crippen LogP contribution in [-0.2, 0) is 0 Å². The van der Waals surface area contributed by atoms with Crippen molar-refractivity contribution >= 4 is 21.8 Å². The molecule has 0 spiro atoms. The smallest absolute Gasteiger partial charge is 0.0799 e. The quantitative estimate of drug-likeness (QED) is 0.549. The molecule has 2 nitrogen and oxygen atoms in total. The van der Waals surface area contributed by atoms with Crippen molar-refractivity contribution in [2.75, 3.05) is 0 Å². The lowest BCUT2D eigenvalue weighted by atomic mass is 10.2. The van der Waals surface area contributed by atoms with Crippen molar-refractivity contribution in [3.63, 3.8) is 0 Å². The number of rotatable bonds is 0. The minimum Gasteiger partial charge on any atom is -0.256 e. The molecule has 0 N–H and O–H groups in total. The zero-order chi connectivity index (χ0) is 10.3. The molecule has 15 heavy (non-hydrogen) atoms. The van der Waals surface area contributed by atoms with Gasteiger partial charge in [0, 0.05) is 22.7 Å². The van der Waals surface area contributed by atoms with Crippen molar-refractivity contribution in [3.05, 3.63) is 48.3 Å². The molecule has 0 aliphatic rings. The van der Waals surface area contributed by atoms with Crippen LogP contribution in [0.15, 0.2) is 42.6 Å². The van der Waals surface area contributed by atoms with Gasteiger partial charge in [-0.3, -0.25) is 9.97 Å². The Bertz CT molecular complexity index is 644. The van der Waals surface area contributed by atoms with Crippen LogP contribution in [0, 0.1) is 6.92 Å². The normalized spacial score (nSPS) is 11.0. The first kappa shape index (κ1) is 8.36. The third-order valence-corrected chi connectivity index (χ3v) is 2.55. The van der Waals surface area contributed by atoms with Gasteiger partial charge in [-0.05, 0) is 25.1 Å². The number of fused-ring (bicyclic) bond motifs is 3. The highest BCUT2D eigenvalue weighted by molar-refractivity contribution is 6.04. The van der Waals surface area contributed by atoms with E-state index in [0.29, 0.717) is 0 Å². The van der Waals surface area contributed by atoms with Gasteiger partial charge in [0.2, 0.25) is 0 Å². The first-order valence-electron chi connectivity index (χ1n) is 4.96. The Morgan fingerprint density at radius 3 is 2.93 bits per heavy atom. The van der Waals surface area contributed by atoms with Crippen LogP contribution in [0.1, 0.15) is 5.69 Å². The number of aromatic nitrogens is 2. The molecule has 0 aliphatic heterocycles. The highest BCUT2D eigenvalue weighted by Gasteiger charge is 2.03. The van der Waals surface area contributed by atoms with Gasteiger partial charge in [0.1, 0.15) is 0 Å². The van der Waals surface area contributed by atoms with E-state index in [1.807, 2.05) is 31.3 Å². The Hall–Kier alpha value is -1.96. The zero-order valence-electron chi connectivity index (χ0n) is 8.44. The molecule has 0 saturated carbocycles. The summed E-state index contributed by atoms with van der Waals surface area (Å²) in [4.78, 5) is 8.89. The van der Waals surface area contributed by atoms with Crippen molar-refractivity contribution < 1.29 is 0 Å². The third kappa shape index (κ3) is 1.26. The molecule has 0 radical (unpaired) electrons. The molecule has 2 heterocycles. The first-order valence-corrected chi connectivity index (χ1v) is 4.96. The Labute approximate surface area is 87.6 Å². The molecule has 0 amide bonds. The van der Waals surface area contributed by atoms with Gasteiger partial charge in [0.25, 0.3) is 0 Å². The Kier molecular flexibility index (Phi) is 1.68. The Balaban J connectivity index is 2.60. The molecular weight excluding hydrogens is 184 g/mol. The van der Waals surface area contributed by atoms with Crippen LogP contribution in [0.3, 0.4) is 0 Å². The second-order valence-corrected chi connectivity index (χ2v) is 3.66. The fourth-order valence-electron chi connectivity index (χ4n) is 1.89. The number of benzene rings is 1. The largest absolute Gasteiger partial charge is 0.256 e. The fourth-order valence-corrected chi connectivity index (χ4v) is 1.89. The average Bonchev–Trinajstić information content (AvgIpc) is 2.48. The van der Waals surface area contributed by atoms with Crippen molar-refractivity contribution in [1.82, 2.24) is 9.97 Å². The van der Waals surface area contributed by atoms with E-state index in [1.54, 1.807) is 0 Å². The van der Waals surface area contributed by atoms with Gasteiger partial charge in [-0.25, -0.2) is 0 Å². The molecule has 72 valence electrons. The monoisotopic (exact) mass is 194 g/mol. The number of nitrogens with zero attached hydrogens (tertiary/aromatic N) is 2. The van der Waals surface area contributed by atoms with Crippen molar-refractivity contribution in [2.24, 2.45) is 0 Å². The van der Waals surface area contributed by atoms with Crippen LogP contribution in [0.2, 0.25) is 0 Å². The van der Waals surface area contributed by atoms with E-state index in [4.69, 9.17) is 0 Å². The van der Waals surface area contributed by atoms with E-state index >= 15 is 0 Å². The summed E-state index contributed by atoms with van der Waals surface area (Å²) in [5.74, 6) is 0. The van der Waals surface area contributed by atoms with E-state index < -0.39 is 0 Å². The standard InChI is InChI=1S/C13H10N2/c1-9-8-10-5-6-12-11(13(10)15-9)4-2-3-7-14-12/h2-8H,1H3. The maximum absolute atomic E-state index is 4.53. The third-order valence-electron chi connectivity index (χ3n) is 2.55. The lowest BCUT2D eigenvalue weighted by Gasteiger charge is -1.92. The molecule has 3 aromatic rings. The topological polar surface area (TPSA) is 25.8 Å². The van der Waals surface area contributed by atoms with Gasteiger partial charge in [0.15, 0.2) is 0 Å². The summed E-state index contributed by atoms with van der Waals surface area (Å²) in [6.45, 7) is 2.02. The fraction of sp³-hybridized carbons (Fsp3) is 0.0769. The molecule has 0 fully saturated rings. The summed E-state index contributed by atoms with van der Waals surface area (Å²) in [6, 6.07) is 12.2. The highest BCUT2D eigenvalue weighted by Crippen LogP contribution is 2.23. The molecule has 2 heteroatoms. The summed E-state index contributed by atoms with van der Waals surface area (Å²) in [5.41, 5.74) is 3.10. The van der Waals surface area contributed by atoms with E-state index in [-0.39, 0.29) is 0 Å². The van der Waals surface area contributed by atoms with E-state index in [9.17, 15) is 0 Å². The Morgan fingerprint density at radius 1 is 1.07 bits per heavy atom. The van der Waals surface area contributed by atoms with Crippen molar-refractivity contribution in [1.29, 1.82) is 0 Å². The van der Waals surface area contributed by atoms with Gasteiger partial charge in [-0.1, -0.05) is 18.2 Å². The van der Waals surface area contributed by atoms with E-state index in [0.717, 1.165) is 22.1 Å². The van der Waals surface area contributed by atoms with Crippen LogP contribution in [0.25, 0.3) is 21.8 Å². The lowest BCUT2D eigenvalue weighted by molar-refractivity contribution is 1.30. The molecule has 1 aromatic carbocycles. The average molecular weight is 194 g/mol. The molecule has 0 bridgehead atoms. The Morgan fingerprint density at radius 2 is 2.00 bits per heavy atom. The van der Waals surface area contributed by atoms with Crippen LogP contribution >= 0.6 is 0 Å². The van der Waals surface area contributed by atoms with Gasteiger partial charge in [-0.2, -0.15) is 0 Å². The van der Waals surface area contributed by atoms with Gasteiger partial charge >= 0.3 is 0 Å². The molecule has 0 aliphatic carbocycles. The maximum Gasteiger partial charge on any atom is 0.0799 e. The van der Waals surface area contributed by atoms with Gasteiger partial charge in [0.05, 0.1) is 11.0 Å². The lowest BCUT2D eigenvalue weighted by Crippen LogP contribution is -1.74. The summed E-state index contributed by atoms with van der Waals surface area (Å²) >= 11 is 0. The summed E-state index contributed by atoms with van der Waals surface area (Å²) < 4.78 is 0. The highest BCUT2D eigenvalue weighted by atomic mass is 14.7. The maximum atomic E-state index is 4.53. The number of hydrogen-bond donors (Lipinski definition) is 0. The van der Waals surface area contributed by atoms with Gasteiger partial charge in [-0.15, -0.1) is 0 Å². The van der Waals surface area contributed by atoms with Crippen LogP contribution in [0.4, 0.5) is 0 Å². The number of aryl methyl sites for hydroxylation is 1. The second kappa shape index (κ2) is 3.02. The molecular formula is C13H10N2. The SMILES string of the molecule is Cc1cc2ccc3nccccc3c2n1. The van der Waals surface area contributed by atoms with Crippen molar-refractivity contribution in [2.45, 2.75) is 6.92 Å². The zero-order valence-corrected chi connectivity index (χ0v) is 8.44. The summed E-state index contributed by atoms with van der Waals surface area (Å²) in [5, 5.41) is 2.30. The van der Waals surface area contributed by atoms with Crippen LogP contribution in [-0.4, -0.2) is 9.97 Å². The minimum atomic E-state index is 0.991. The van der Waals surface area contributed by atoms with E-state index in [2.05, 4.69) is 28.2 Å². The predicted octanol–water partition coefficient (Wildman–Crippen LogP) is 3.09. The van der Waals surface area contributed by atoms with Crippen LogP contribution < -0.4 is 0 Å². The summed E-state index contributed by atoms with van der Waals surface area (Å²) in [7, 11) is 0. The molecule has 0 unspecified atom stereocenters. The molecule has 0 saturated heterocycles. The van der Waals surface area contributed by atoms with E-state index in [1.165, 1.54) is 5.39 Å². The second-order valence-electron chi connectivity index (χ2n) is 3.66. The molecule has 2 aromatic heterocycles. The predicted molar refractivity (Wildman–Crippen MR) is 61.8 cm³/mol. The van der Waals surface area contributed by atoms with Crippen molar-refractivity contribution in [3.8, 4) is 0 Å².